The minimum absolute atomic E-state index is 0.0427. The number of nitro groups is 1. The van der Waals surface area contributed by atoms with Crippen molar-refractivity contribution in [3.8, 4) is 23.0 Å². The summed E-state index contributed by atoms with van der Waals surface area (Å²) >= 11 is 0. The van der Waals surface area contributed by atoms with Gasteiger partial charge in [0.2, 0.25) is 0 Å². The fourth-order valence-electron chi connectivity index (χ4n) is 3.42. The molecule has 3 aromatic carbocycles. The molecule has 0 heterocycles. The molecule has 39 heavy (non-hydrogen) atoms. The highest BCUT2D eigenvalue weighted by Crippen LogP contribution is 2.37. The summed E-state index contributed by atoms with van der Waals surface area (Å²) < 4.78 is 49.6. The fraction of sp³-hybridized carbons (Fsp3) is 0.200. The van der Waals surface area contributed by atoms with Crippen molar-refractivity contribution < 1.29 is 37.1 Å². The largest absolute Gasteiger partial charge is 0.497 e. The maximum atomic E-state index is 13.8. The molecule has 0 spiro atoms. The smallest absolute Gasteiger partial charge is 0.269 e. The van der Waals surface area contributed by atoms with Gasteiger partial charge >= 0.3 is 0 Å². The fourth-order valence-corrected chi connectivity index (χ4v) is 4.86. The number of nitrogens with one attached hydrogen (secondary N) is 1. The number of hydrogen-bond acceptors (Lipinski definition) is 10. The van der Waals surface area contributed by atoms with Crippen LogP contribution in [-0.2, 0) is 14.8 Å². The Morgan fingerprint density at radius 1 is 0.923 bits per heavy atom. The van der Waals surface area contributed by atoms with Crippen LogP contribution < -0.4 is 28.7 Å². The molecule has 1 N–H and O–H groups in total. The van der Waals surface area contributed by atoms with Crippen molar-refractivity contribution in [1.29, 1.82) is 0 Å². The highest BCUT2D eigenvalue weighted by atomic mass is 32.2. The third kappa shape index (κ3) is 6.73. The number of nitrogens with zero attached hydrogens (tertiary/aromatic N) is 3. The molecule has 3 rings (SSSR count). The molecule has 0 atom stereocenters. The molecular formula is C25H26N4O9S. The Morgan fingerprint density at radius 3 is 2.15 bits per heavy atom. The second-order valence-electron chi connectivity index (χ2n) is 7.71. The molecule has 0 saturated heterocycles. The van der Waals surface area contributed by atoms with Crippen molar-refractivity contribution in [3.63, 3.8) is 0 Å². The molecule has 206 valence electrons. The number of amides is 1. The minimum atomic E-state index is -4.37. The molecule has 0 aromatic heterocycles. The summed E-state index contributed by atoms with van der Waals surface area (Å²) in [5.74, 6) is 0.215. The molecule has 0 aliphatic rings. The molecule has 13 nitrogen and oxygen atoms in total. The molecule has 0 fully saturated rings. The molecule has 3 aromatic rings. The number of benzene rings is 3. The summed E-state index contributed by atoms with van der Waals surface area (Å²) in [5, 5.41) is 14.6. The lowest BCUT2D eigenvalue weighted by molar-refractivity contribution is -0.384. The highest BCUT2D eigenvalue weighted by molar-refractivity contribution is 7.92. The lowest BCUT2D eigenvalue weighted by Gasteiger charge is -2.26. The van der Waals surface area contributed by atoms with Gasteiger partial charge in [-0.15, -0.1) is 0 Å². The standard InChI is InChI=1S/C25H26N4O9S/c1-35-19-9-11-22(36-2)21(13-19)28(39(33,34)20-10-12-23(37-3)24(14-20)38-4)16-25(30)27-26-15-17-5-7-18(8-6-17)29(31)32/h5-15H,16H2,1-4H3,(H,27,30)/b26-15+. The van der Waals surface area contributed by atoms with Crippen LogP contribution in [0.2, 0.25) is 0 Å². The van der Waals surface area contributed by atoms with Crippen LogP contribution in [0.5, 0.6) is 23.0 Å². The van der Waals surface area contributed by atoms with Gasteiger partial charge in [-0.1, -0.05) is 0 Å². The van der Waals surface area contributed by atoms with Crippen LogP contribution in [0.3, 0.4) is 0 Å². The normalized spacial score (nSPS) is 11.1. The quantitative estimate of drug-likeness (QED) is 0.200. The number of anilines is 1. The summed E-state index contributed by atoms with van der Waals surface area (Å²) in [4.78, 5) is 23.0. The number of hydrogen-bond donors (Lipinski definition) is 1. The zero-order chi connectivity index (χ0) is 28.6. The van der Waals surface area contributed by atoms with Crippen LogP contribution in [-0.4, -0.2) is 60.4 Å². The molecule has 0 aliphatic heterocycles. The first kappa shape index (κ1) is 28.7. The zero-order valence-electron chi connectivity index (χ0n) is 21.5. The lowest BCUT2D eigenvalue weighted by atomic mass is 10.2. The van der Waals surface area contributed by atoms with Crippen LogP contribution in [0, 0.1) is 10.1 Å². The van der Waals surface area contributed by atoms with Gasteiger partial charge in [0, 0.05) is 24.3 Å². The number of nitro benzene ring substituents is 1. The lowest BCUT2D eigenvalue weighted by Crippen LogP contribution is -2.39. The Hall–Kier alpha value is -4.85. The van der Waals surface area contributed by atoms with E-state index >= 15 is 0 Å². The first-order chi connectivity index (χ1) is 18.6. The van der Waals surface area contributed by atoms with Gasteiger partial charge < -0.3 is 18.9 Å². The zero-order valence-corrected chi connectivity index (χ0v) is 22.3. The van der Waals surface area contributed by atoms with E-state index in [1.165, 1.54) is 89.3 Å². The summed E-state index contributed by atoms with van der Waals surface area (Å²) in [5.41, 5.74) is 2.69. The summed E-state index contributed by atoms with van der Waals surface area (Å²) in [7, 11) is 1.19. The maximum Gasteiger partial charge on any atom is 0.269 e. The molecule has 0 bridgehead atoms. The number of hydrazone groups is 1. The Kier molecular flexibility index (Phi) is 9.28. The van der Waals surface area contributed by atoms with Crippen LogP contribution in [0.15, 0.2) is 70.7 Å². The third-order valence-electron chi connectivity index (χ3n) is 5.39. The van der Waals surface area contributed by atoms with Crippen molar-refractivity contribution in [1.82, 2.24) is 5.43 Å². The average molecular weight is 559 g/mol. The van der Waals surface area contributed by atoms with E-state index in [-0.39, 0.29) is 27.8 Å². The topological polar surface area (TPSA) is 159 Å². The number of non-ortho nitro benzene ring substituents is 1. The molecule has 0 saturated carbocycles. The first-order valence-electron chi connectivity index (χ1n) is 11.2. The van der Waals surface area contributed by atoms with Crippen molar-refractivity contribution in [2.45, 2.75) is 4.90 Å². The van der Waals surface area contributed by atoms with Gasteiger partial charge in [-0.25, -0.2) is 13.8 Å². The Labute approximate surface area is 224 Å². The first-order valence-corrected chi connectivity index (χ1v) is 12.6. The Balaban J connectivity index is 1.96. The van der Waals surface area contributed by atoms with Gasteiger partial charge in [0.15, 0.2) is 11.5 Å². The molecule has 14 heteroatoms. The van der Waals surface area contributed by atoms with E-state index in [0.29, 0.717) is 17.1 Å². The van der Waals surface area contributed by atoms with Gasteiger partial charge in [0.25, 0.3) is 21.6 Å². The predicted molar refractivity (Wildman–Crippen MR) is 142 cm³/mol. The van der Waals surface area contributed by atoms with Crippen molar-refractivity contribution >= 4 is 33.5 Å². The van der Waals surface area contributed by atoms with Crippen molar-refractivity contribution in [2.75, 3.05) is 39.3 Å². The Bertz CT molecular complexity index is 1480. The minimum Gasteiger partial charge on any atom is -0.497 e. The van der Waals surface area contributed by atoms with Crippen molar-refractivity contribution in [2.24, 2.45) is 5.10 Å². The number of sulfonamides is 1. The van der Waals surface area contributed by atoms with E-state index in [2.05, 4.69) is 10.5 Å². The molecule has 0 unspecified atom stereocenters. The van der Waals surface area contributed by atoms with E-state index < -0.39 is 27.4 Å². The number of carbonyl (C=O) groups excluding carboxylic acids is 1. The van der Waals surface area contributed by atoms with E-state index in [9.17, 15) is 23.3 Å². The second kappa shape index (κ2) is 12.6. The van der Waals surface area contributed by atoms with Crippen LogP contribution in [0.4, 0.5) is 11.4 Å². The monoisotopic (exact) mass is 558 g/mol. The van der Waals surface area contributed by atoms with Gasteiger partial charge in [-0.05, 0) is 42.0 Å². The molecule has 1 amide bonds. The molecule has 0 aliphatic carbocycles. The highest BCUT2D eigenvalue weighted by Gasteiger charge is 2.31. The van der Waals surface area contributed by atoms with Crippen LogP contribution in [0.25, 0.3) is 0 Å². The van der Waals surface area contributed by atoms with E-state index in [1.54, 1.807) is 6.07 Å². The van der Waals surface area contributed by atoms with Gasteiger partial charge in [-0.2, -0.15) is 5.10 Å². The van der Waals surface area contributed by atoms with Gasteiger partial charge in [-0.3, -0.25) is 19.2 Å². The number of ether oxygens (including phenoxy) is 4. The van der Waals surface area contributed by atoms with Gasteiger partial charge in [0.05, 0.1) is 50.2 Å². The van der Waals surface area contributed by atoms with Crippen LogP contribution >= 0.6 is 0 Å². The number of rotatable bonds is 12. The van der Waals surface area contributed by atoms with E-state index in [1.807, 2.05) is 0 Å². The van der Waals surface area contributed by atoms with E-state index in [0.717, 1.165) is 4.31 Å². The molecular weight excluding hydrogens is 532 g/mol. The maximum absolute atomic E-state index is 13.8. The average Bonchev–Trinajstić information content (AvgIpc) is 2.95. The molecule has 0 radical (unpaired) electrons. The van der Waals surface area contributed by atoms with Gasteiger partial charge in [0.1, 0.15) is 18.0 Å². The predicted octanol–water partition coefficient (Wildman–Crippen LogP) is 2.97. The SMILES string of the molecule is COc1ccc(OC)c(N(CC(=O)N/N=C/c2ccc([N+](=O)[O-])cc2)S(=O)(=O)c2ccc(OC)c(OC)c2)c1. The van der Waals surface area contributed by atoms with E-state index in [4.69, 9.17) is 18.9 Å². The summed E-state index contributed by atoms with van der Waals surface area (Å²) in [6.45, 7) is -0.683. The number of methoxy groups -OCH3 is 4. The second-order valence-corrected chi connectivity index (χ2v) is 9.57. The Morgan fingerprint density at radius 2 is 1.56 bits per heavy atom. The van der Waals surface area contributed by atoms with Crippen molar-refractivity contribution in [3.05, 3.63) is 76.3 Å². The van der Waals surface area contributed by atoms with Crippen LogP contribution in [0.1, 0.15) is 5.56 Å². The third-order valence-corrected chi connectivity index (χ3v) is 7.15. The summed E-state index contributed by atoms with van der Waals surface area (Å²) in [6, 6.07) is 14.0. The number of carbonyl (C=O) groups is 1. The summed E-state index contributed by atoms with van der Waals surface area (Å²) in [6.07, 6.45) is 1.26.